The molecule has 1 heterocycles. The van der Waals surface area contributed by atoms with Crippen molar-refractivity contribution < 1.29 is 4.79 Å². The number of piperidine rings is 1. The zero-order chi connectivity index (χ0) is 13.3. The molecule has 0 N–H and O–H groups in total. The summed E-state index contributed by atoms with van der Waals surface area (Å²) in [5.41, 5.74) is 0.394. The SMILES string of the molecule is C[C@H](C1CCN(C(=O)C2CCC2)CC1)C(C)(C)C. The summed E-state index contributed by atoms with van der Waals surface area (Å²) in [6.07, 6.45) is 5.94. The van der Waals surface area contributed by atoms with Crippen LogP contribution < -0.4 is 0 Å². The molecule has 0 bridgehead atoms. The summed E-state index contributed by atoms with van der Waals surface area (Å²) in [5, 5.41) is 0. The Bertz CT molecular complexity index is 293. The predicted octanol–water partition coefficient (Wildman–Crippen LogP) is 3.71. The van der Waals surface area contributed by atoms with Crippen LogP contribution in [0.5, 0.6) is 0 Å². The molecule has 0 aromatic carbocycles. The van der Waals surface area contributed by atoms with Gasteiger partial charge in [-0.3, -0.25) is 4.79 Å². The summed E-state index contributed by atoms with van der Waals surface area (Å²) in [7, 11) is 0. The molecule has 2 aliphatic rings. The Labute approximate surface area is 112 Å². The number of hydrogen-bond donors (Lipinski definition) is 0. The van der Waals surface area contributed by atoms with E-state index in [1.807, 2.05) is 0 Å². The monoisotopic (exact) mass is 251 g/mol. The van der Waals surface area contributed by atoms with Gasteiger partial charge in [0, 0.05) is 19.0 Å². The summed E-state index contributed by atoms with van der Waals surface area (Å²) < 4.78 is 0. The summed E-state index contributed by atoms with van der Waals surface area (Å²) in [5.74, 6) is 2.37. The second-order valence-corrected chi connectivity index (χ2v) is 7.45. The van der Waals surface area contributed by atoms with Crippen molar-refractivity contribution >= 4 is 5.91 Å². The minimum atomic E-state index is 0.376. The topological polar surface area (TPSA) is 20.3 Å². The van der Waals surface area contributed by atoms with E-state index in [-0.39, 0.29) is 0 Å². The number of nitrogens with zero attached hydrogens (tertiary/aromatic N) is 1. The van der Waals surface area contributed by atoms with Crippen LogP contribution in [0.25, 0.3) is 0 Å². The molecule has 1 saturated heterocycles. The summed E-state index contributed by atoms with van der Waals surface area (Å²) in [4.78, 5) is 14.3. The molecule has 0 unspecified atom stereocenters. The van der Waals surface area contributed by atoms with Crippen molar-refractivity contribution in [1.82, 2.24) is 4.90 Å². The van der Waals surface area contributed by atoms with E-state index in [0.29, 0.717) is 17.2 Å². The van der Waals surface area contributed by atoms with Crippen LogP contribution in [0.4, 0.5) is 0 Å². The van der Waals surface area contributed by atoms with Crippen molar-refractivity contribution in [1.29, 1.82) is 0 Å². The van der Waals surface area contributed by atoms with E-state index in [1.165, 1.54) is 19.3 Å². The Hall–Kier alpha value is -0.530. The van der Waals surface area contributed by atoms with E-state index in [4.69, 9.17) is 0 Å². The van der Waals surface area contributed by atoms with Crippen molar-refractivity contribution in [3.05, 3.63) is 0 Å². The third-order valence-electron chi connectivity index (χ3n) is 5.38. The molecule has 0 aromatic heterocycles. The molecule has 1 saturated carbocycles. The first-order valence-corrected chi connectivity index (χ1v) is 7.68. The van der Waals surface area contributed by atoms with Crippen LogP contribution in [0.15, 0.2) is 0 Å². The lowest BCUT2D eigenvalue weighted by Gasteiger charge is -2.41. The van der Waals surface area contributed by atoms with Crippen molar-refractivity contribution in [3.8, 4) is 0 Å². The molecule has 0 spiro atoms. The highest BCUT2D eigenvalue weighted by Gasteiger charge is 2.35. The Morgan fingerprint density at radius 2 is 1.67 bits per heavy atom. The van der Waals surface area contributed by atoms with Crippen molar-refractivity contribution in [2.24, 2.45) is 23.2 Å². The molecule has 104 valence electrons. The smallest absolute Gasteiger partial charge is 0.225 e. The van der Waals surface area contributed by atoms with Crippen LogP contribution in [0.1, 0.15) is 59.8 Å². The molecule has 1 amide bonds. The number of carbonyl (C=O) groups excluding carboxylic acids is 1. The van der Waals surface area contributed by atoms with Gasteiger partial charge in [0.15, 0.2) is 0 Å². The van der Waals surface area contributed by atoms with Gasteiger partial charge in [-0.05, 0) is 42.9 Å². The molecule has 2 fully saturated rings. The van der Waals surface area contributed by atoms with Gasteiger partial charge >= 0.3 is 0 Å². The van der Waals surface area contributed by atoms with Crippen LogP contribution in [0.3, 0.4) is 0 Å². The fraction of sp³-hybridized carbons (Fsp3) is 0.938. The van der Waals surface area contributed by atoms with Gasteiger partial charge in [0.05, 0.1) is 0 Å². The lowest BCUT2D eigenvalue weighted by Crippen LogP contribution is -2.45. The Morgan fingerprint density at radius 3 is 2.06 bits per heavy atom. The predicted molar refractivity (Wildman–Crippen MR) is 75.3 cm³/mol. The number of amides is 1. The second-order valence-electron chi connectivity index (χ2n) is 7.45. The molecule has 2 nitrogen and oxygen atoms in total. The van der Waals surface area contributed by atoms with E-state index in [0.717, 1.165) is 37.8 Å². The Morgan fingerprint density at radius 1 is 1.11 bits per heavy atom. The van der Waals surface area contributed by atoms with E-state index in [9.17, 15) is 4.79 Å². The van der Waals surface area contributed by atoms with Gasteiger partial charge in [-0.15, -0.1) is 0 Å². The molecule has 1 aliphatic carbocycles. The maximum atomic E-state index is 12.2. The van der Waals surface area contributed by atoms with E-state index < -0.39 is 0 Å². The molecule has 0 radical (unpaired) electrons. The summed E-state index contributed by atoms with van der Waals surface area (Å²) in [6.45, 7) is 11.4. The van der Waals surface area contributed by atoms with E-state index in [2.05, 4.69) is 32.6 Å². The van der Waals surface area contributed by atoms with Gasteiger partial charge in [-0.2, -0.15) is 0 Å². The number of likely N-dealkylation sites (tertiary alicyclic amines) is 1. The highest BCUT2D eigenvalue weighted by atomic mass is 16.2. The van der Waals surface area contributed by atoms with Gasteiger partial charge < -0.3 is 4.90 Å². The quantitative estimate of drug-likeness (QED) is 0.732. The van der Waals surface area contributed by atoms with Gasteiger partial charge in [0.1, 0.15) is 0 Å². The van der Waals surface area contributed by atoms with Crippen LogP contribution in [-0.2, 0) is 4.79 Å². The third-order valence-corrected chi connectivity index (χ3v) is 5.38. The van der Waals surface area contributed by atoms with E-state index >= 15 is 0 Å². The zero-order valence-electron chi connectivity index (χ0n) is 12.5. The number of rotatable bonds is 2. The third kappa shape index (κ3) is 2.89. The van der Waals surface area contributed by atoms with Crippen LogP contribution in [-0.4, -0.2) is 23.9 Å². The molecular formula is C16H29NO. The van der Waals surface area contributed by atoms with Crippen LogP contribution in [0, 0.1) is 23.2 Å². The lowest BCUT2D eigenvalue weighted by atomic mass is 9.71. The average molecular weight is 251 g/mol. The van der Waals surface area contributed by atoms with E-state index in [1.54, 1.807) is 0 Å². The van der Waals surface area contributed by atoms with Crippen LogP contribution in [0.2, 0.25) is 0 Å². The van der Waals surface area contributed by atoms with Crippen molar-refractivity contribution in [2.75, 3.05) is 13.1 Å². The van der Waals surface area contributed by atoms with Crippen LogP contribution >= 0.6 is 0 Å². The highest BCUT2D eigenvalue weighted by Crippen LogP contribution is 2.38. The van der Waals surface area contributed by atoms with Crippen molar-refractivity contribution in [3.63, 3.8) is 0 Å². The molecule has 1 aliphatic heterocycles. The minimum Gasteiger partial charge on any atom is -0.342 e. The fourth-order valence-electron chi connectivity index (χ4n) is 3.24. The van der Waals surface area contributed by atoms with Gasteiger partial charge in [-0.25, -0.2) is 0 Å². The Kier molecular flexibility index (Phi) is 4.03. The zero-order valence-corrected chi connectivity index (χ0v) is 12.5. The second kappa shape index (κ2) is 5.22. The van der Waals surface area contributed by atoms with Crippen molar-refractivity contribution in [2.45, 2.75) is 59.8 Å². The number of carbonyl (C=O) groups is 1. The largest absolute Gasteiger partial charge is 0.342 e. The minimum absolute atomic E-state index is 0.376. The normalized spacial score (nSPS) is 24.8. The van der Waals surface area contributed by atoms with Gasteiger partial charge in [-0.1, -0.05) is 34.1 Å². The van der Waals surface area contributed by atoms with Gasteiger partial charge in [0.2, 0.25) is 5.91 Å². The first kappa shape index (κ1) is 13.9. The molecule has 0 aromatic rings. The first-order chi connectivity index (χ1) is 8.39. The fourth-order valence-corrected chi connectivity index (χ4v) is 3.24. The number of hydrogen-bond acceptors (Lipinski definition) is 1. The lowest BCUT2D eigenvalue weighted by molar-refractivity contribution is -0.140. The molecule has 18 heavy (non-hydrogen) atoms. The Balaban J connectivity index is 1.82. The standard InChI is InChI=1S/C16H29NO/c1-12(16(2,3)4)13-8-10-17(11-9-13)15(18)14-6-5-7-14/h12-14H,5-11H2,1-4H3/t12-/m1/s1. The van der Waals surface area contributed by atoms with Gasteiger partial charge in [0.25, 0.3) is 0 Å². The summed E-state index contributed by atoms with van der Waals surface area (Å²) in [6, 6.07) is 0. The molecule has 2 heteroatoms. The maximum Gasteiger partial charge on any atom is 0.225 e. The molecule has 1 atom stereocenters. The average Bonchev–Trinajstić information content (AvgIpc) is 2.24. The molecule has 2 rings (SSSR count). The molecular weight excluding hydrogens is 222 g/mol. The highest BCUT2D eigenvalue weighted by molar-refractivity contribution is 5.79. The summed E-state index contributed by atoms with van der Waals surface area (Å²) >= 11 is 0. The first-order valence-electron chi connectivity index (χ1n) is 7.68. The maximum absolute atomic E-state index is 12.2.